The molecule has 0 saturated carbocycles. The lowest BCUT2D eigenvalue weighted by atomic mass is 9.92. The molecule has 4 nitrogen and oxygen atoms in total. The van der Waals surface area contributed by atoms with Crippen LogP contribution in [-0.4, -0.2) is 23.5 Å². The highest BCUT2D eigenvalue weighted by Gasteiger charge is 2.24. The number of hydrogen-bond donors (Lipinski definition) is 2. The number of rotatable bonds is 3. The Morgan fingerprint density at radius 1 is 1.45 bits per heavy atom. The number of carbonyl (C=O) groups excluding carboxylic acids is 1. The smallest absolute Gasteiger partial charge is 0.227 e. The van der Waals surface area contributed by atoms with Crippen LogP contribution in [0.25, 0.3) is 11.3 Å². The number of piperidine rings is 1. The van der Waals surface area contributed by atoms with Crippen molar-refractivity contribution in [1.29, 1.82) is 0 Å². The maximum atomic E-state index is 12.4. The lowest BCUT2D eigenvalue weighted by Gasteiger charge is -2.27. The molecule has 2 aromatic rings. The second kappa shape index (κ2) is 6.58. The van der Waals surface area contributed by atoms with Crippen molar-refractivity contribution in [2.75, 3.05) is 11.9 Å². The number of aromatic nitrogens is 1. The molecule has 2 N–H and O–H groups in total. The minimum atomic E-state index is 0.0985. The Balaban J connectivity index is 1.71. The zero-order valence-corrected chi connectivity index (χ0v) is 13.7. The molecular weight excluding hydrogens is 294 g/mol. The van der Waals surface area contributed by atoms with Crippen molar-refractivity contribution in [3.8, 4) is 11.3 Å². The Bertz CT molecular complexity index is 667. The van der Waals surface area contributed by atoms with E-state index in [4.69, 9.17) is 0 Å². The highest BCUT2D eigenvalue weighted by molar-refractivity contribution is 7.09. The Hall–Kier alpha value is -1.72. The van der Waals surface area contributed by atoms with Crippen LogP contribution >= 0.6 is 11.3 Å². The summed E-state index contributed by atoms with van der Waals surface area (Å²) in [6.45, 7) is 5.04. The summed E-state index contributed by atoms with van der Waals surface area (Å²) in [6, 6.07) is 8.33. The maximum absolute atomic E-state index is 12.4. The number of nitrogens with one attached hydrogen (secondary N) is 2. The average Bonchev–Trinajstić information content (AvgIpc) is 2.94. The standard InChI is InChI=1S/C17H21N3OS/c1-11-8-14(6-7-18-11)17(21)20-15-5-3-4-13(9-15)16-10-22-12(2)19-16/h3-5,9-11,14,18H,6-8H2,1-2H3,(H,20,21)/t11-,14-/m0/s1. The quantitative estimate of drug-likeness (QED) is 0.912. The van der Waals surface area contributed by atoms with Gasteiger partial charge in [0.2, 0.25) is 5.91 Å². The van der Waals surface area contributed by atoms with E-state index in [1.807, 2.05) is 36.6 Å². The second-order valence-corrected chi connectivity index (χ2v) is 6.96. The summed E-state index contributed by atoms with van der Waals surface area (Å²) >= 11 is 1.64. The van der Waals surface area contributed by atoms with Crippen LogP contribution in [0.15, 0.2) is 29.6 Å². The predicted octanol–water partition coefficient (Wildman–Crippen LogP) is 3.45. The van der Waals surface area contributed by atoms with Crippen LogP contribution in [-0.2, 0) is 4.79 Å². The third-order valence-electron chi connectivity index (χ3n) is 4.04. The third-order valence-corrected chi connectivity index (χ3v) is 4.81. The van der Waals surface area contributed by atoms with E-state index in [-0.39, 0.29) is 11.8 Å². The lowest BCUT2D eigenvalue weighted by molar-refractivity contribution is -0.120. The number of benzene rings is 1. The Morgan fingerprint density at radius 2 is 2.32 bits per heavy atom. The van der Waals surface area contributed by atoms with E-state index in [0.29, 0.717) is 6.04 Å². The lowest BCUT2D eigenvalue weighted by Crippen LogP contribution is -2.40. The zero-order chi connectivity index (χ0) is 15.5. The van der Waals surface area contributed by atoms with Crippen molar-refractivity contribution in [2.45, 2.75) is 32.7 Å². The van der Waals surface area contributed by atoms with Crippen molar-refractivity contribution < 1.29 is 4.79 Å². The van der Waals surface area contributed by atoms with Gasteiger partial charge in [0.05, 0.1) is 10.7 Å². The zero-order valence-electron chi connectivity index (χ0n) is 12.9. The molecule has 1 aromatic carbocycles. The number of hydrogen-bond acceptors (Lipinski definition) is 4. The Morgan fingerprint density at radius 3 is 3.05 bits per heavy atom. The van der Waals surface area contributed by atoms with Crippen molar-refractivity contribution in [1.82, 2.24) is 10.3 Å². The van der Waals surface area contributed by atoms with E-state index in [1.54, 1.807) is 11.3 Å². The topological polar surface area (TPSA) is 54.0 Å². The largest absolute Gasteiger partial charge is 0.326 e. The van der Waals surface area contributed by atoms with E-state index >= 15 is 0 Å². The van der Waals surface area contributed by atoms with Crippen LogP contribution < -0.4 is 10.6 Å². The monoisotopic (exact) mass is 315 g/mol. The average molecular weight is 315 g/mol. The summed E-state index contributed by atoms with van der Waals surface area (Å²) in [6.07, 6.45) is 1.80. The van der Waals surface area contributed by atoms with Crippen LogP contribution in [0.1, 0.15) is 24.8 Å². The fraction of sp³-hybridized carbons (Fsp3) is 0.412. The molecule has 3 rings (SSSR count). The Labute approximate surface area is 135 Å². The third kappa shape index (κ3) is 3.54. The summed E-state index contributed by atoms with van der Waals surface area (Å²) in [4.78, 5) is 16.9. The molecule has 0 bridgehead atoms. The highest BCUT2D eigenvalue weighted by atomic mass is 32.1. The first-order chi connectivity index (χ1) is 10.6. The van der Waals surface area contributed by atoms with Gasteiger partial charge in [0.25, 0.3) is 0 Å². The van der Waals surface area contributed by atoms with E-state index < -0.39 is 0 Å². The van der Waals surface area contributed by atoms with Crippen molar-refractivity contribution >= 4 is 22.9 Å². The maximum Gasteiger partial charge on any atom is 0.227 e. The molecule has 0 aliphatic carbocycles. The van der Waals surface area contributed by atoms with Crippen molar-refractivity contribution in [3.05, 3.63) is 34.7 Å². The molecule has 2 atom stereocenters. The first-order valence-electron chi connectivity index (χ1n) is 7.68. The number of aryl methyl sites for hydroxylation is 1. The van der Waals surface area contributed by atoms with Gasteiger partial charge in [-0.25, -0.2) is 4.98 Å². The van der Waals surface area contributed by atoms with E-state index in [1.165, 1.54) is 0 Å². The van der Waals surface area contributed by atoms with Crippen LogP contribution in [0, 0.1) is 12.8 Å². The SMILES string of the molecule is Cc1nc(-c2cccc(NC(=O)[C@H]3CCN[C@@H](C)C3)c2)cs1. The molecule has 1 aliphatic rings. The molecule has 22 heavy (non-hydrogen) atoms. The Kier molecular flexibility index (Phi) is 4.55. The fourth-order valence-electron chi connectivity index (χ4n) is 2.87. The van der Waals surface area contributed by atoms with Gasteiger partial charge in [-0.2, -0.15) is 0 Å². The van der Waals surface area contributed by atoms with Crippen LogP contribution in [0.3, 0.4) is 0 Å². The van der Waals surface area contributed by atoms with Crippen LogP contribution in [0.2, 0.25) is 0 Å². The number of thiazole rings is 1. The normalized spacial score (nSPS) is 21.5. The van der Waals surface area contributed by atoms with Gasteiger partial charge in [-0.1, -0.05) is 12.1 Å². The van der Waals surface area contributed by atoms with Gasteiger partial charge in [-0.15, -0.1) is 11.3 Å². The van der Waals surface area contributed by atoms with Crippen LogP contribution in [0.4, 0.5) is 5.69 Å². The summed E-state index contributed by atoms with van der Waals surface area (Å²) in [5, 5.41) is 9.53. The van der Waals surface area contributed by atoms with Gasteiger partial charge >= 0.3 is 0 Å². The number of carbonyl (C=O) groups is 1. The minimum absolute atomic E-state index is 0.0985. The van der Waals surface area contributed by atoms with E-state index in [9.17, 15) is 4.79 Å². The predicted molar refractivity (Wildman–Crippen MR) is 91.1 cm³/mol. The molecular formula is C17H21N3OS. The van der Waals surface area contributed by atoms with E-state index in [2.05, 4.69) is 22.5 Å². The molecule has 0 radical (unpaired) electrons. The molecule has 0 unspecified atom stereocenters. The molecule has 1 aliphatic heterocycles. The summed E-state index contributed by atoms with van der Waals surface area (Å²) in [5.41, 5.74) is 2.86. The van der Waals surface area contributed by atoms with Gasteiger partial charge in [-0.3, -0.25) is 4.79 Å². The van der Waals surface area contributed by atoms with Crippen molar-refractivity contribution in [2.24, 2.45) is 5.92 Å². The number of amides is 1. The molecule has 1 amide bonds. The molecule has 2 heterocycles. The van der Waals surface area contributed by atoms with Gasteiger partial charge < -0.3 is 10.6 Å². The summed E-state index contributed by atoms with van der Waals surface area (Å²) in [5.74, 6) is 0.224. The van der Waals surface area contributed by atoms with Crippen molar-refractivity contribution in [3.63, 3.8) is 0 Å². The molecule has 1 saturated heterocycles. The summed E-state index contributed by atoms with van der Waals surface area (Å²) < 4.78 is 0. The molecule has 1 fully saturated rings. The number of anilines is 1. The van der Waals surface area contributed by atoms with E-state index in [0.717, 1.165) is 41.3 Å². The molecule has 1 aromatic heterocycles. The minimum Gasteiger partial charge on any atom is -0.326 e. The second-order valence-electron chi connectivity index (χ2n) is 5.90. The first kappa shape index (κ1) is 15.2. The highest BCUT2D eigenvalue weighted by Crippen LogP contribution is 2.25. The first-order valence-corrected chi connectivity index (χ1v) is 8.56. The number of nitrogens with zero attached hydrogens (tertiary/aromatic N) is 1. The van der Waals surface area contributed by atoms with Gasteiger partial charge in [0.15, 0.2) is 0 Å². The fourth-order valence-corrected chi connectivity index (χ4v) is 3.49. The van der Waals surface area contributed by atoms with Gasteiger partial charge in [0, 0.05) is 28.6 Å². The van der Waals surface area contributed by atoms with Crippen LogP contribution in [0.5, 0.6) is 0 Å². The van der Waals surface area contributed by atoms with Gasteiger partial charge in [0.1, 0.15) is 0 Å². The molecule has 5 heteroatoms. The molecule has 116 valence electrons. The molecule has 0 spiro atoms. The summed E-state index contributed by atoms with van der Waals surface area (Å²) in [7, 11) is 0. The van der Waals surface area contributed by atoms with Gasteiger partial charge in [-0.05, 0) is 45.4 Å².